The molecule has 0 spiro atoms. The van der Waals surface area contributed by atoms with Crippen molar-refractivity contribution < 1.29 is 4.79 Å². The topological polar surface area (TPSA) is 49.6 Å². The van der Waals surface area contributed by atoms with Crippen LogP contribution in [0.2, 0.25) is 0 Å². The molecule has 0 aliphatic carbocycles. The molecule has 116 valence electrons. The Labute approximate surface area is 134 Å². The molecule has 0 saturated carbocycles. The van der Waals surface area contributed by atoms with Gasteiger partial charge in [-0.05, 0) is 39.2 Å². The molecular formula is C14H25Cl2N3O. The summed E-state index contributed by atoms with van der Waals surface area (Å²) in [7, 11) is 4.01. The first-order valence-electron chi connectivity index (χ1n) is 6.35. The van der Waals surface area contributed by atoms with Crippen LogP contribution in [0.1, 0.15) is 12.8 Å². The number of para-hydroxylation sites is 1. The fraction of sp³-hybridized carbons (Fsp3) is 0.500. The van der Waals surface area contributed by atoms with Crippen LogP contribution in [-0.2, 0) is 4.79 Å². The van der Waals surface area contributed by atoms with Crippen LogP contribution in [-0.4, -0.2) is 44.5 Å². The smallest absolute Gasteiger partial charge is 0.227 e. The van der Waals surface area contributed by atoms with Crippen LogP contribution in [0, 0.1) is 0 Å². The Balaban J connectivity index is 0. The zero-order valence-electron chi connectivity index (χ0n) is 12.1. The SMILES string of the molecule is CN(C)CCN(C(=O)CCCN)c1ccccc1.Cl.Cl. The number of carbonyl (C=O) groups excluding carboxylic acids is 1. The minimum atomic E-state index is 0. The van der Waals surface area contributed by atoms with Gasteiger partial charge in [-0.3, -0.25) is 4.79 Å². The molecule has 0 bridgehead atoms. The lowest BCUT2D eigenvalue weighted by Gasteiger charge is -2.24. The normalized spacial score (nSPS) is 9.60. The average Bonchev–Trinajstić information content (AvgIpc) is 2.37. The van der Waals surface area contributed by atoms with Gasteiger partial charge < -0.3 is 15.5 Å². The summed E-state index contributed by atoms with van der Waals surface area (Å²) < 4.78 is 0. The lowest BCUT2D eigenvalue weighted by atomic mass is 10.2. The molecule has 0 saturated heterocycles. The fourth-order valence-electron chi connectivity index (χ4n) is 1.69. The van der Waals surface area contributed by atoms with E-state index in [1.54, 1.807) is 0 Å². The van der Waals surface area contributed by atoms with E-state index in [0.29, 0.717) is 19.5 Å². The number of halogens is 2. The highest BCUT2D eigenvalue weighted by Gasteiger charge is 2.14. The molecule has 0 fully saturated rings. The number of likely N-dealkylation sites (N-methyl/N-ethyl adjacent to an activating group) is 1. The van der Waals surface area contributed by atoms with Gasteiger partial charge >= 0.3 is 0 Å². The highest BCUT2D eigenvalue weighted by molar-refractivity contribution is 5.93. The van der Waals surface area contributed by atoms with E-state index in [4.69, 9.17) is 5.73 Å². The third-order valence-electron chi connectivity index (χ3n) is 2.73. The Morgan fingerprint density at radius 1 is 1.10 bits per heavy atom. The van der Waals surface area contributed by atoms with Crippen LogP contribution in [0.3, 0.4) is 0 Å². The number of rotatable bonds is 7. The average molecular weight is 322 g/mol. The summed E-state index contributed by atoms with van der Waals surface area (Å²) in [5.74, 6) is 0.147. The van der Waals surface area contributed by atoms with Gasteiger partial charge in [-0.25, -0.2) is 0 Å². The maximum atomic E-state index is 12.2. The maximum Gasteiger partial charge on any atom is 0.227 e. The molecule has 0 aromatic heterocycles. The van der Waals surface area contributed by atoms with Crippen molar-refractivity contribution >= 4 is 36.4 Å². The second-order valence-corrected chi connectivity index (χ2v) is 4.58. The molecule has 1 amide bonds. The molecule has 0 heterocycles. The first kappa shape index (κ1) is 21.5. The highest BCUT2D eigenvalue weighted by atomic mass is 35.5. The van der Waals surface area contributed by atoms with Crippen LogP contribution in [0.15, 0.2) is 30.3 Å². The van der Waals surface area contributed by atoms with E-state index in [1.807, 2.05) is 49.3 Å². The largest absolute Gasteiger partial charge is 0.330 e. The highest BCUT2D eigenvalue weighted by Crippen LogP contribution is 2.14. The lowest BCUT2D eigenvalue weighted by molar-refractivity contribution is -0.118. The molecule has 1 rings (SSSR count). The predicted molar refractivity (Wildman–Crippen MR) is 90.1 cm³/mol. The van der Waals surface area contributed by atoms with E-state index in [2.05, 4.69) is 4.90 Å². The molecule has 0 aliphatic rings. The van der Waals surface area contributed by atoms with Crippen LogP contribution >= 0.6 is 24.8 Å². The molecule has 2 N–H and O–H groups in total. The second-order valence-electron chi connectivity index (χ2n) is 4.58. The van der Waals surface area contributed by atoms with E-state index in [1.165, 1.54) is 0 Å². The number of anilines is 1. The van der Waals surface area contributed by atoms with Gasteiger partial charge in [-0.2, -0.15) is 0 Å². The van der Waals surface area contributed by atoms with Gasteiger partial charge in [0.05, 0.1) is 0 Å². The number of hydrogen-bond acceptors (Lipinski definition) is 3. The molecule has 1 aromatic rings. The number of nitrogens with two attached hydrogens (primary N) is 1. The quantitative estimate of drug-likeness (QED) is 0.837. The summed E-state index contributed by atoms with van der Waals surface area (Å²) in [6.45, 7) is 2.12. The van der Waals surface area contributed by atoms with Crippen molar-refractivity contribution in [2.75, 3.05) is 38.6 Å². The van der Waals surface area contributed by atoms with Crippen LogP contribution in [0.5, 0.6) is 0 Å². The van der Waals surface area contributed by atoms with Gasteiger partial charge in [0, 0.05) is 25.2 Å². The minimum absolute atomic E-state index is 0. The third kappa shape index (κ3) is 7.70. The van der Waals surface area contributed by atoms with Crippen LogP contribution in [0.4, 0.5) is 5.69 Å². The van der Waals surface area contributed by atoms with Crippen molar-refractivity contribution in [2.45, 2.75) is 12.8 Å². The van der Waals surface area contributed by atoms with E-state index in [-0.39, 0.29) is 30.7 Å². The van der Waals surface area contributed by atoms with Gasteiger partial charge in [0.15, 0.2) is 0 Å². The number of nitrogens with zero attached hydrogens (tertiary/aromatic N) is 2. The summed E-state index contributed by atoms with van der Waals surface area (Å²) >= 11 is 0. The van der Waals surface area contributed by atoms with E-state index >= 15 is 0 Å². The van der Waals surface area contributed by atoms with Crippen molar-refractivity contribution in [3.8, 4) is 0 Å². The lowest BCUT2D eigenvalue weighted by Crippen LogP contribution is -2.36. The summed E-state index contributed by atoms with van der Waals surface area (Å²) in [6, 6.07) is 9.80. The van der Waals surface area contributed by atoms with Crippen molar-refractivity contribution in [2.24, 2.45) is 5.73 Å². The molecule has 1 aromatic carbocycles. The molecule has 6 heteroatoms. The van der Waals surface area contributed by atoms with Crippen molar-refractivity contribution in [3.63, 3.8) is 0 Å². The number of carbonyl (C=O) groups is 1. The summed E-state index contributed by atoms with van der Waals surface area (Å²) in [5, 5.41) is 0. The van der Waals surface area contributed by atoms with Gasteiger partial charge in [0.25, 0.3) is 0 Å². The Hall–Kier alpha value is -0.810. The Kier molecular flexibility index (Phi) is 12.9. The summed E-state index contributed by atoms with van der Waals surface area (Å²) in [5.41, 5.74) is 6.42. The molecule has 0 aliphatic heterocycles. The standard InChI is InChI=1S/C14H23N3O.2ClH/c1-16(2)11-12-17(14(18)9-6-10-15)13-7-4-3-5-8-13;;/h3-5,7-8H,6,9-12,15H2,1-2H3;2*1H. The molecule has 0 atom stereocenters. The Morgan fingerprint density at radius 3 is 2.20 bits per heavy atom. The zero-order valence-corrected chi connectivity index (χ0v) is 13.8. The Morgan fingerprint density at radius 2 is 1.70 bits per heavy atom. The molecule has 20 heavy (non-hydrogen) atoms. The van der Waals surface area contributed by atoms with Gasteiger partial charge in [-0.15, -0.1) is 24.8 Å². The van der Waals surface area contributed by atoms with Crippen molar-refractivity contribution in [3.05, 3.63) is 30.3 Å². The minimum Gasteiger partial charge on any atom is -0.330 e. The van der Waals surface area contributed by atoms with E-state index < -0.39 is 0 Å². The first-order valence-corrected chi connectivity index (χ1v) is 6.35. The third-order valence-corrected chi connectivity index (χ3v) is 2.73. The molecule has 0 unspecified atom stereocenters. The predicted octanol–water partition coefficient (Wildman–Crippen LogP) is 2.16. The van der Waals surface area contributed by atoms with Crippen LogP contribution in [0.25, 0.3) is 0 Å². The number of benzene rings is 1. The summed E-state index contributed by atoms with van der Waals surface area (Å²) in [4.78, 5) is 16.1. The molecular weight excluding hydrogens is 297 g/mol. The second kappa shape index (κ2) is 12.0. The maximum absolute atomic E-state index is 12.2. The van der Waals surface area contributed by atoms with Crippen LogP contribution < -0.4 is 10.6 Å². The first-order chi connectivity index (χ1) is 8.65. The molecule has 4 nitrogen and oxygen atoms in total. The number of amides is 1. The van der Waals surface area contributed by atoms with Gasteiger partial charge in [0.1, 0.15) is 0 Å². The van der Waals surface area contributed by atoms with Crippen molar-refractivity contribution in [1.82, 2.24) is 4.90 Å². The summed E-state index contributed by atoms with van der Waals surface area (Å²) in [6.07, 6.45) is 1.25. The number of hydrogen-bond donors (Lipinski definition) is 1. The van der Waals surface area contributed by atoms with E-state index in [9.17, 15) is 4.79 Å². The van der Waals surface area contributed by atoms with Gasteiger partial charge in [0.2, 0.25) is 5.91 Å². The monoisotopic (exact) mass is 321 g/mol. The molecule has 0 radical (unpaired) electrons. The zero-order chi connectivity index (χ0) is 13.4. The van der Waals surface area contributed by atoms with Gasteiger partial charge in [-0.1, -0.05) is 18.2 Å². The Bertz CT molecular complexity index is 361. The van der Waals surface area contributed by atoms with E-state index in [0.717, 1.165) is 18.7 Å². The fourth-order valence-corrected chi connectivity index (χ4v) is 1.69. The van der Waals surface area contributed by atoms with Crippen molar-refractivity contribution in [1.29, 1.82) is 0 Å².